The van der Waals surface area contributed by atoms with Crippen molar-refractivity contribution in [3.05, 3.63) is 45.7 Å². The zero-order valence-corrected chi connectivity index (χ0v) is 11.8. The summed E-state index contributed by atoms with van der Waals surface area (Å²) in [6.45, 7) is 1.99. The monoisotopic (exact) mass is 326 g/mol. The Balaban J connectivity index is 2.02. The van der Waals surface area contributed by atoms with E-state index in [9.17, 15) is 9.18 Å². The van der Waals surface area contributed by atoms with Crippen LogP contribution in [-0.2, 0) is 13.0 Å². The van der Waals surface area contributed by atoms with Crippen LogP contribution in [0.4, 0.5) is 4.39 Å². The van der Waals surface area contributed by atoms with E-state index in [1.54, 1.807) is 12.1 Å². The van der Waals surface area contributed by atoms with E-state index in [0.29, 0.717) is 17.8 Å². The van der Waals surface area contributed by atoms with Gasteiger partial charge in [0, 0.05) is 23.0 Å². The summed E-state index contributed by atoms with van der Waals surface area (Å²) in [7, 11) is 0. The third kappa shape index (κ3) is 3.37. The predicted octanol–water partition coefficient (Wildman–Crippen LogP) is 2.20. The van der Waals surface area contributed by atoms with Gasteiger partial charge in [0.25, 0.3) is 5.91 Å². The topological polar surface area (TPSA) is 70.7 Å². The molecule has 0 fully saturated rings. The number of nitrogens with one attached hydrogen (secondary N) is 2. The van der Waals surface area contributed by atoms with Crippen molar-refractivity contribution in [2.75, 3.05) is 0 Å². The second-order valence-corrected chi connectivity index (χ2v) is 4.79. The molecule has 0 atom stereocenters. The number of aromatic amines is 1. The molecule has 0 bridgehead atoms. The Morgan fingerprint density at radius 2 is 2.32 bits per heavy atom. The van der Waals surface area contributed by atoms with Gasteiger partial charge in [-0.15, -0.1) is 5.10 Å². The van der Waals surface area contributed by atoms with Crippen LogP contribution in [-0.4, -0.2) is 21.1 Å². The van der Waals surface area contributed by atoms with Gasteiger partial charge in [-0.3, -0.25) is 9.89 Å². The van der Waals surface area contributed by atoms with Crippen molar-refractivity contribution in [3.63, 3.8) is 0 Å². The first-order chi connectivity index (χ1) is 9.10. The largest absolute Gasteiger partial charge is 0.345 e. The molecule has 5 nitrogen and oxygen atoms in total. The number of hydrogen-bond donors (Lipinski definition) is 2. The molecule has 0 aliphatic rings. The van der Waals surface area contributed by atoms with Crippen LogP contribution in [0, 0.1) is 5.82 Å². The van der Waals surface area contributed by atoms with E-state index in [-0.39, 0.29) is 18.2 Å². The molecule has 0 saturated heterocycles. The van der Waals surface area contributed by atoms with Crippen molar-refractivity contribution in [1.29, 1.82) is 0 Å². The predicted molar refractivity (Wildman–Crippen MR) is 71.0 cm³/mol. The zero-order valence-electron chi connectivity index (χ0n) is 10.2. The van der Waals surface area contributed by atoms with Crippen molar-refractivity contribution < 1.29 is 9.18 Å². The third-order valence-corrected chi connectivity index (χ3v) is 3.01. The molecule has 1 amide bonds. The Labute approximate surface area is 117 Å². The van der Waals surface area contributed by atoms with Gasteiger partial charge in [0.1, 0.15) is 11.6 Å². The average Bonchev–Trinajstić information content (AvgIpc) is 2.88. The lowest BCUT2D eigenvalue weighted by Crippen LogP contribution is -2.24. The van der Waals surface area contributed by atoms with Crippen molar-refractivity contribution in [2.45, 2.75) is 19.9 Å². The molecule has 0 aliphatic heterocycles. The fourth-order valence-corrected chi connectivity index (χ4v) is 1.90. The molecule has 0 unspecified atom stereocenters. The van der Waals surface area contributed by atoms with Crippen LogP contribution in [0.1, 0.15) is 28.9 Å². The Kier molecular flexibility index (Phi) is 4.26. The van der Waals surface area contributed by atoms with Crippen LogP contribution in [0.5, 0.6) is 0 Å². The number of hydrogen-bond acceptors (Lipinski definition) is 3. The maximum Gasteiger partial charge on any atom is 0.291 e. The summed E-state index contributed by atoms with van der Waals surface area (Å²) in [4.78, 5) is 15.8. The van der Waals surface area contributed by atoms with Crippen LogP contribution < -0.4 is 5.32 Å². The molecular weight excluding hydrogens is 315 g/mol. The quantitative estimate of drug-likeness (QED) is 0.904. The molecule has 19 heavy (non-hydrogen) atoms. The van der Waals surface area contributed by atoms with Gasteiger partial charge >= 0.3 is 0 Å². The van der Waals surface area contributed by atoms with E-state index in [4.69, 9.17) is 0 Å². The molecule has 0 saturated carbocycles. The fraction of sp³-hybridized carbons (Fsp3) is 0.250. The first-order valence-corrected chi connectivity index (χ1v) is 6.53. The minimum Gasteiger partial charge on any atom is -0.345 e. The van der Waals surface area contributed by atoms with Gasteiger partial charge in [-0.1, -0.05) is 22.9 Å². The summed E-state index contributed by atoms with van der Waals surface area (Å²) in [5, 5.41) is 9.02. The van der Waals surface area contributed by atoms with Gasteiger partial charge in [0.2, 0.25) is 5.82 Å². The molecule has 7 heteroatoms. The van der Waals surface area contributed by atoms with E-state index in [0.717, 1.165) is 4.47 Å². The third-order valence-electron chi connectivity index (χ3n) is 2.52. The van der Waals surface area contributed by atoms with E-state index in [1.807, 2.05) is 6.92 Å². The zero-order chi connectivity index (χ0) is 13.8. The molecule has 1 heterocycles. The number of carbonyl (C=O) groups excluding carboxylic acids is 1. The molecule has 2 aromatic rings. The number of halogens is 2. The van der Waals surface area contributed by atoms with E-state index < -0.39 is 5.91 Å². The van der Waals surface area contributed by atoms with Gasteiger partial charge in [-0.05, 0) is 18.2 Å². The first kappa shape index (κ1) is 13.7. The molecular formula is C12H12BrFN4O. The summed E-state index contributed by atoms with van der Waals surface area (Å²) in [5.41, 5.74) is 0.397. The minimum atomic E-state index is -0.435. The number of aryl methyl sites for hydroxylation is 1. The molecule has 2 rings (SSSR count). The van der Waals surface area contributed by atoms with Crippen LogP contribution in [0.3, 0.4) is 0 Å². The number of aromatic nitrogens is 3. The van der Waals surface area contributed by atoms with Crippen molar-refractivity contribution in [1.82, 2.24) is 20.5 Å². The highest BCUT2D eigenvalue weighted by Crippen LogP contribution is 2.15. The van der Waals surface area contributed by atoms with Gasteiger partial charge in [-0.25, -0.2) is 9.37 Å². The van der Waals surface area contributed by atoms with Crippen LogP contribution in [0.25, 0.3) is 0 Å². The lowest BCUT2D eigenvalue weighted by atomic mass is 10.2. The van der Waals surface area contributed by atoms with Gasteiger partial charge in [-0.2, -0.15) is 0 Å². The molecule has 1 aromatic carbocycles. The highest BCUT2D eigenvalue weighted by Gasteiger charge is 2.12. The van der Waals surface area contributed by atoms with Crippen LogP contribution >= 0.6 is 15.9 Å². The number of nitrogens with zero attached hydrogens (tertiary/aromatic N) is 2. The van der Waals surface area contributed by atoms with E-state index in [1.165, 1.54) is 6.07 Å². The van der Waals surface area contributed by atoms with Gasteiger partial charge < -0.3 is 5.32 Å². The van der Waals surface area contributed by atoms with Gasteiger partial charge in [0.15, 0.2) is 0 Å². The second kappa shape index (κ2) is 5.92. The Bertz CT molecular complexity index is 599. The smallest absolute Gasteiger partial charge is 0.291 e. The van der Waals surface area contributed by atoms with Crippen molar-refractivity contribution >= 4 is 21.8 Å². The maximum absolute atomic E-state index is 13.5. The molecule has 0 spiro atoms. The summed E-state index contributed by atoms with van der Waals surface area (Å²) >= 11 is 3.25. The summed E-state index contributed by atoms with van der Waals surface area (Å²) in [6.07, 6.45) is 0.667. The Morgan fingerprint density at radius 1 is 1.53 bits per heavy atom. The van der Waals surface area contributed by atoms with Gasteiger partial charge in [0.05, 0.1) is 0 Å². The summed E-state index contributed by atoms with van der Waals surface area (Å²) < 4.78 is 14.2. The molecule has 0 aliphatic carbocycles. The molecule has 1 aromatic heterocycles. The second-order valence-electron chi connectivity index (χ2n) is 3.88. The lowest BCUT2D eigenvalue weighted by molar-refractivity contribution is 0.0940. The SMILES string of the molecule is CCc1nc(C(=O)NCc2cc(Br)ccc2F)n[nH]1. The van der Waals surface area contributed by atoms with Crippen LogP contribution in [0.15, 0.2) is 22.7 Å². The molecule has 100 valence electrons. The normalized spacial score (nSPS) is 10.5. The summed E-state index contributed by atoms with van der Waals surface area (Å²) in [5.74, 6) is -0.103. The van der Waals surface area contributed by atoms with E-state index in [2.05, 4.69) is 36.4 Å². The fourth-order valence-electron chi connectivity index (χ4n) is 1.49. The minimum absolute atomic E-state index is 0.0623. The highest BCUT2D eigenvalue weighted by atomic mass is 79.9. The number of rotatable bonds is 4. The standard InChI is InChI=1S/C12H12BrFN4O/c1-2-10-16-11(18-17-10)12(19)15-6-7-5-8(13)3-4-9(7)14/h3-5H,2,6H2,1H3,(H,15,19)(H,16,17,18). The molecule has 2 N–H and O–H groups in total. The Morgan fingerprint density at radius 3 is 3.00 bits per heavy atom. The maximum atomic E-state index is 13.5. The van der Waals surface area contributed by atoms with E-state index >= 15 is 0 Å². The number of carbonyl (C=O) groups is 1. The van der Waals surface area contributed by atoms with Crippen LogP contribution in [0.2, 0.25) is 0 Å². The number of amides is 1. The number of benzene rings is 1. The summed E-state index contributed by atoms with van der Waals surface area (Å²) in [6, 6.07) is 4.56. The molecule has 0 radical (unpaired) electrons. The van der Waals surface area contributed by atoms with Crippen molar-refractivity contribution in [3.8, 4) is 0 Å². The first-order valence-electron chi connectivity index (χ1n) is 5.73. The average molecular weight is 327 g/mol. The van der Waals surface area contributed by atoms with Crippen molar-refractivity contribution in [2.24, 2.45) is 0 Å². The number of H-pyrrole nitrogens is 1. The highest BCUT2D eigenvalue weighted by molar-refractivity contribution is 9.10. The Hall–Kier alpha value is -1.76. The lowest BCUT2D eigenvalue weighted by Gasteiger charge is -2.04.